The second-order valence-corrected chi connectivity index (χ2v) is 7.01. The summed E-state index contributed by atoms with van der Waals surface area (Å²) in [5.41, 5.74) is 2.30. The summed E-state index contributed by atoms with van der Waals surface area (Å²) in [5.74, 6) is 1.50. The minimum atomic E-state index is 0.149. The van der Waals surface area contributed by atoms with Crippen LogP contribution in [0, 0.1) is 12.8 Å². The van der Waals surface area contributed by atoms with Gasteiger partial charge in [0.05, 0.1) is 18.7 Å². The third-order valence-corrected chi connectivity index (χ3v) is 5.40. The highest BCUT2D eigenvalue weighted by molar-refractivity contribution is 5.84. The summed E-state index contributed by atoms with van der Waals surface area (Å²) in [6.45, 7) is 6.75. The van der Waals surface area contributed by atoms with E-state index in [0.29, 0.717) is 19.1 Å². The monoisotopic (exact) mass is 339 g/mol. The molecule has 1 aromatic heterocycles. The Morgan fingerprint density at radius 1 is 1.12 bits per heavy atom. The van der Waals surface area contributed by atoms with Crippen molar-refractivity contribution in [1.82, 2.24) is 9.88 Å². The van der Waals surface area contributed by atoms with Crippen LogP contribution in [-0.4, -0.2) is 55.2 Å². The van der Waals surface area contributed by atoms with Gasteiger partial charge in [-0.2, -0.15) is 0 Å². The number of hydrogen-bond acceptors (Lipinski definition) is 4. The van der Waals surface area contributed by atoms with Crippen molar-refractivity contribution in [2.45, 2.75) is 19.8 Å². The fourth-order valence-corrected chi connectivity index (χ4v) is 3.89. The smallest absolute Gasteiger partial charge is 0.225 e. The summed E-state index contributed by atoms with van der Waals surface area (Å²) in [7, 11) is 0. The number of hydrogen-bond donors (Lipinski definition) is 0. The van der Waals surface area contributed by atoms with Gasteiger partial charge in [-0.3, -0.25) is 4.79 Å². The normalized spacial score (nSPS) is 19.4. The van der Waals surface area contributed by atoms with Gasteiger partial charge in [-0.1, -0.05) is 18.2 Å². The quantitative estimate of drug-likeness (QED) is 0.844. The van der Waals surface area contributed by atoms with E-state index in [1.54, 1.807) is 0 Å². The lowest BCUT2D eigenvalue weighted by atomic mass is 9.95. The van der Waals surface area contributed by atoms with Crippen LogP contribution in [0.4, 0.5) is 5.82 Å². The summed E-state index contributed by atoms with van der Waals surface area (Å²) in [5, 5.41) is 1.21. The Hall–Kier alpha value is -2.14. The summed E-state index contributed by atoms with van der Waals surface area (Å²) < 4.78 is 5.35. The third kappa shape index (κ3) is 3.33. The van der Waals surface area contributed by atoms with E-state index < -0.39 is 0 Å². The number of piperidine rings is 1. The van der Waals surface area contributed by atoms with Crippen molar-refractivity contribution in [3.8, 4) is 0 Å². The molecule has 0 radical (unpaired) electrons. The van der Waals surface area contributed by atoms with Crippen LogP contribution in [0.25, 0.3) is 10.9 Å². The molecular formula is C20H25N3O2. The highest BCUT2D eigenvalue weighted by atomic mass is 16.5. The first kappa shape index (κ1) is 16.3. The van der Waals surface area contributed by atoms with E-state index in [1.165, 1.54) is 10.9 Å². The van der Waals surface area contributed by atoms with Crippen molar-refractivity contribution in [2.75, 3.05) is 44.3 Å². The SMILES string of the molecule is Cc1cc(N2CCC(C(=O)N3CCOCC3)CC2)nc2ccccc12. The first-order valence-electron chi connectivity index (χ1n) is 9.20. The van der Waals surface area contributed by atoms with Crippen LogP contribution in [0.3, 0.4) is 0 Å². The molecule has 0 N–H and O–H groups in total. The first-order chi connectivity index (χ1) is 12.2. The number of aromatic nitrogens is 1. The molecule has 4 rings (SSSR count). The molecule has 25 heavy (non-hydrogen) atoms. The number of carbonyl (C=O) groups excluding carboxylic acids is 1. The van der Waals surface area contributed by atoms with Crippen molar-refractivity contribution in [3.63, 3.8) is 0 Å². The van der Waals surface area contributed by atoms with Gasteiger partial charge in [0.15, 0.2) is 0 Å². The molecule has 2 aliphatic rings. The van der Waals surface area contributed by atoms with Crippen LogP contribution in [0.1, 0.15) is 18.4 Å². The molecule has 132 valence electrons. The lowest BCUT2D eigenvalue weighted by molar-refractivity contribution is -0.140. The fourth-order valence-electron chi connectivity index (χ4n) is 3.89. The Bertz CT molecular complexity index is 763. The first-order valence-corrected chi connectivity index (χ1v) is 9.20. The number of ether oxygens (including phenoxy) is 1. The predicted octanol–water partition coefficient (Wildman–Crippen LogP) is 2.62. The van der Waals surface area contributed by atoms with Gasteiger partial charge >= 0.3 is 0 Å². The Labute approximate surface area is 148 Å². The molecular weight excluding hydrogens is 314 g/mol. The van der Waals surface area contributed by atoms with Gasteiger partial charge in [-0.05, 0) is 37.5 Å². The second-order valence-electron chi connectivity index (χ2n) is 7.01. The molecule has 0 bridgehead atoms. The number of carbonyl (C=O) groups is 1. The second kappa shape index (κ2) is 7.00. The van der Waals surface area contributed by atoms with Crippen LogP contribution >= 0.6 is 0 Å². The van der Waals surface area contributed by atoms with Gasteiger partial charge < -0.3 is 14.5 Å². The number of benzene rings is 1. The number of pyridine rings is 1. The number of aryl methyl sites for hydroxylation is 1. The van der Waals surface area contributed by atoms with Gasteiger partial charge in [0.1, 0.15) is 5.82 Å². The average molecular weight is 339 g/mol. The van der Waals surface area contributed by atoms with Crippen molar-refractivity contribution in [2.24, 2.45) is 5.92 Å². The summed E-state index contributed by atoms with van der Waals surface area (Å²) in [6, 6.07) is 10.5. The van der Waals surface area contributed by atoms with E-state index in [9.17, 15) is 4.79 Å². The summed E-state index contributed by atoms with van der Waals surface area (Å²) >= 11 is 0. The number of amides is 1. The molecule has 0 unspecified atom stereocenters. The van der Waals surface area contributed by atoms with Crippen molar-refractivity contribution >= 4 is 22.6 Å². The molecule has 2 saturated heterocycles. The summed E-state index contributed by atoms with van der Waals surface area (Å²) in [6.07, 6.45) is 1.81. The van der Waals surface area contributed by atoms with Crippen LogP contribution in [0.2, 0.25) is 0 Å². The van der Waals surface area contributed by atoms with Gasteiger partial charge in [-0.15, -0.1) is 0 Å². The van der Waals surface area contributed by atoms with E-state index in [2.05, 4.69) is 36.1 Å². The van der Waals surface area contributed by atoms with Crippen molar-refractivity contribution in [1.29, 1.82) is 0 Å². The minimum Gasteiger partial charge on any atom is -0.378 e. The van der Waals surface area contributed by atoms with Crippen molar-refractivity contribution in [3.05, 3.63) is 35.9 Å². The largest absolute Gasteiger partial charge is 0.378 e. The number of nitrogens with zero attached hydrogens (tertiary/aromatic N) is 3. The lowest BCUT2D eigenvalue weighted by Gasteiger charge is -2.36. The fraction of sp³-hybridized carbons (Fsp3) is 0.500. The maximum Gasteiger partial charge on any atom is 0.225 e. The van der Waals surface area contributed by atoms with E-state index >= 15 is 0 Å². The highest BCUT2D eigenvalue weighted by Gasteiger charge is 2.29. The Kier molecular flexibility index (Phi) is 4.57. The molecule has 1 amide bonds. The molecule has 0 atom stereocenters. The standard InChI is InChI=1S/C20H25N3O2/c1-15-14-19(21-18-5-3-2-4-17(15)18)22-8-6-16(7-9-22)20(24)23-10-12-25-13-11-23/h2-5,14,16H,6-13H2,1H3. The molecule has 0 spiro atoms. The zero-order chi connectivity index (χ0) is 17.2. The highest BCUT2D eigenvalue weighted by Crippen LogP contribution is 2.27. The number of rotatable bonds is 2. The molecule has 3 heterocycles. The van der Waals surface area contributed by atoms with E-state index in [1.807, 2.05) is 11.0 Å². The average Bonchev–Trinajstić information content (AvgIpc) is 2.68. The van der Waals surface area contributed by atoms with Gasteiger partial charge in [0.2, 0.25) is 5.91 Å². The van der Waals surface area contributed by atoms with Crippen molar-refractivity contribution < 1.29 is 9.53 Å². The van der Waals surface area contributed by atoms with E-state index in [0.717, 1.165) is 50.4 Å². The number of anilines is 1. The van der Waals surface area contributed by atoms with Gasteiger partial charge in [0.25, 0.3) is 0 Å². The molecule has 2 aromatic rings. The molecule has 0 saturated carbocycles. The number of para-hydroxylation sites is 1. The third-order valence-electron chi connectivity index (χ3n) is 5.40. The summed E-state index contributed by atoms with van der Waals surface area (Å²) in [4.78, 5) is 21.8. The van der Waals surface area contributed by atoms with Crippen LogP contribution in [0.15, 0.2) is 30.3 Å². The molecule has 0 aliphatic carbocycles. The van der Waals surface area contributed by atoms with Gasteiger partial charge in [0, 0.05) is 37.5 Å². The molecule has 5 heteroatoms. The Balaban J connectivity index is 1.44. The van der Waals surface area contributed by atoms with E-state index in [-0.39, 0.29) is 5.92 Å². The number of fused-ring (bicyclic) bond motifs is 1. The van der Waals surface area contributed by atoms with E-state index in [4.69, 9.17) is 9.72 Å². The maximum absolute atomic E-state index is 12.7. The molecule has 2 fully saturated rings. The topological polar surface area (TPSA) is 45.7 Å². The Morgan fingerprint density at radius 2 is 1.84 bits per heavy atom. The maximum atomic E-state index is 12.7. The van der Waals surface area contributed by atoms with Crippen LogP contribution < -0.4 is 4.90 Å². The lowest BCUT2D eigenvalue weighted by Crippen LogP contribution is -2.46. The predicted molar refractivity (Wildman–Crippen MR) is 98.8 cm³/mol. The minimum absolute atomic E-state index is 0.149. The zero-order valence-electron chi connectivity index (χ0n) is 14.8. The number of morpholine rings is 1. The molecule has 2 aliphatic heterocycles. The molecule has 5 nitrogen and oxygen atoms in total. The van der Waals surface area contributed by atoms with Crippen LogP contribution in [0.5, 0.6) is 0 Å². The molecule has 1 aromatic carbocycles. The van der Waals surface area contributed by atoms with Crippen LogP contribution in [-0.2, 0) is 9.53 Å². The van der Waals surface area contributed by atoms with Gasteiger partial charge in [-0.25, -0.2) is 4.98 Å². The zero-order valence-corrected chi connectivity index (χ0v) is 14.8. The Morgan fingerprint density at radius 3 is 2.60 bits per heavy atom.